The quantitative estimate of drug-likeness (QED) is 0.667. The fourth-order valence-electron chi connectivity index (χ4n) is 1.43. The molecule has 1 rings (SSSR count). The molecule has 5 nitrogen and oxygen atoms in total. The van der Waals surface area contributed by atoms with Crippen LogP contribution in [0.2, 0.25) is 0 Å². The van der Waals surface area contributed by atoms with Gasteiger partial charge in [-0.1, -0.05) is 0 Å². The molecule has 0 bridgehead atoms. The molecular weight excluding hydrogens is 194 g/mol. The van der Waals surface area contributed by atoms with Crippen molar-refractivity contribution >= 4 is 6.09 Å². The smallest absolute Gasteiger partial charge is 0.407 e. The molecule has 1 aliphatic heterocycles. The van der Waals surface area contributed by atoms with Crippen LogP contribution in [0.15, 0.2) is 0 Å². The van der Waals surface area contributed by atoms with E-state index in [1.54, 1.807) is 20.8 Å². The number of ether oxygens (including phenoxy) is 1. The van der Waals surface area contributed by atoms with Gasteiger partial charge in [-0.25, -0.2) is 4.79 Å². The minimum Gasteiger partial charge on any atom is -0.444 e. The molecule has 1 saturated heterocycles. The Hall–Kier alpha value is -1.28. The highest BCUT2D eigenvalue weighted by molar-refractivity contribution is 5.68. The van der Waals surface area contributed by atoms with Crippen LogP contribution in [0.5, 0.6) is 0 Å². The molecule has 2 atom stereocenters. The van der Waals surface area contributed by atoms with Crippen LogP contribution in [0, 0.1) is 17.2 Å². The van der Waals surface area contributed by atoms with E-state index in [4.69, 9.17) is 10.00 Å². The summed E-state index contributed by atoms with van der Waals surface area (Å²) in [5, 5.41) is 14.5. The first-order valence-electron chi connectivity index (χ1n) is 5.02. The Kier molecular flexibility index (Phi) is 3.53. The molecule has 0 spiro atoms. The third-order valence-corrected chi connectivity index (χ3v) is 2.08. The standard InChI is InChI=1S/C10H17N3O2/c1-10(2,3)15-9(14)13-8-6-12-5-7(8)4-11/h7-8,12H,5-6H2,1-3H3,(H,13,14)/t7-,8-/m1/s1. The van der Waals surface area contributed by atoms with Crippen LogP contribution in [-0.2, 0) is 4.74 Å². The van der Waals surface area contributed by atoms with Gasteiger partial charge in [-0.3, -0.25) is 0 Å². The van der Waals surface area contributed by atoms with E-state index in [-0.39, 0.29) is 12.0 Å². The lowest BCUT2D eigenvalue weighted by Gasteiger charge is -2.22. The van der Waals surface area contributed by atoms with Gasteiger partial charge in [-0.05, 0) is 20.8 Å². The number of alkyl carbamates (subject to hydrolysis) is 1. The van der Waals surface area contributed by atoms with E-state index in [1.807, 2.05) is 0 Å². The Morgan fingerprint density at radius 1 is 1.53 bits per heavy atom. The largest absolute Gasteiger partial charge is 0.444 e. The van der Waals surface area contributed by atoms with Crippen molar-refractivity contribution in [1.82, 2.24) is 10.6 Å². The second-order valence-electron chi connectivity index (χ2n) is 4.65. The summed E-state index contributed by atoms with van der Waals surface area (Å²) in [6.07, 6.45) is -0.462. The molecule has 1 amide bonds. The van der Waals surface area contributed by atoms with Crippen molar-refractivity contribution < 1.29 is 9.53 Å². The number of nitrogens with one attached hydrogen (secondary N) is 2. The highest BCUT2D eigenvalue weighted by Crippen LogP contribution is 2.10. The van der Waals surface area contributed by atoms with Crippen LogP contribution in [0.3, 0.4) is 0 Å². The highest BCUT2D eigenvalue weighted by Gasteiger charge is 2.29. The summed E-state index contributed by atoms with van der Waals surface area (Å²) in [4.78, 5) is 11.4. The molecule has 0 aromatic carbocycles. The highest BCUT2D eigenvalue weighted by atomic mass is 16.6. The van der Waals surface area contributed by atoms with E-state index >= 15 is 0 Å². The average molecular weight is 211 g/mol. The zero-order valence-corrected chi connectivity index (χ0v) is 9.33. The normalized spacial score (nSPS) is 25.7. The van der Waals surface area contributed by atoms with Crippen molar-refractivity contribution in [3.63, 3.8) is 0 Å². The molecule has 0 aliphatic carbocycles. The van der Waals surface area contributed by atoms with Crippen LogP contribution in [0.4, 0.5) is 4.79 Å². The molecule has 1 fully saturated rings. The molecule has 1 heterocycles. The van der Waals surface area contributed by atoms with Gasteiger partial charge in [0.25, 0.3) is 0 Å². The molecule has 0 aromatic heterocycles. The van der Waals surface area contributed by atoms with E-state index in [0.29, 0.717) is 13.1 Å². The van der Waals surface area contributed by atoms with Gasteiger partial charge in [0, 0.05) is 13.1 Å². The number of carbonyl (C=O) groups excluding carboxylic acids is 1. The van der Waals surface area contributed by atoms with E-state index in [1.165, 1.54) is 0 Å². The molecular formula is C10H17N3O2. The zero-order chi connectivity index (χ0) is 11.5. The maximum Gasteiger partial charge on any atom is 0.407 e. The Labute approximate surface area is 89.8 Å². The fourth-order valence-corrected chi connectivity index (χ4v) is 1.43. The Morgan fingerprint density at radius 3 is 2.73 bits per heavy atom. The SMILES string of the molecule is CC(C)(C)OC(=O)N[C@@H]1CNC[C@H]1C#N. The maximum atomic E-state index is 11.4. The van der Waals surface area contributed by atoms with E-state index in [9.17, 15) is 4.79 Å². The third-order valence-electron chi connectivity index (χ3n) is 2.08. The second kappa shape index (κ2) is 4.49. The van der Waals surface area contributed by atoms with Crippen LogP contribution >= 0.6 is 0 Å². The van der Waals surface area contributed by atoms with Gasteiger partial charge in [-0.2, -0.15) is 5.26 Å². The molecule has 2 N–H and O–H groups in total. The minimum absolute atomic E-state index is 0.148. The number of carbonyl (C=O) groups is 1. The van der Waals surface area contributed by atoms with Gasteiger partial charge in [0.1, 0.15) is 5.60 Å². The molecule has 84 valence electrons. The number of amides is 1. The third kappa shape index (κ3) is 3.76. The Bertz CT molecular complexity index is 277. The number of nitriles is 1. The molecule has 1 aliphatic rings. The van der Waals surface area contributed by atoms with Crippen molar-refractivity contribution in [2.45, 2.75) is 32.4 Å². The summed E-state index contributed by atoms with van der Waals surface area (Å²) in [7, 11) is 0. The lowest BCUT2D eigenvalue weighted by molar-refractivity contribution is 0.0502. The molecule has 5 heteroatoms. The van der Waals surface area contributed by atoms with E-state index < -0.39 is 11.7 Å². The molecule has 0 saturated carbocycles. The predicted molar refractivity (Wildman–Crippen MR) is 55.1 cm³/mol. The van der Waals surface area contributed by atoms with Gasteiger partial charge in [-0.15, -0.1) is 0 Å². The Morgan fingerprint density at radius 2 is 2.20 bits per heavy atom. The number of hydrogen-bond donors (Lipinski definition) is 2. The minimum atomic E-state index is -0.502. The molecule has 0 aromatic rings. The number of rotatable bonds is 1. The summed E-state index contributed by atoms with van der Waals surface area (Å²) < 4.78 is 5.11. The average Bonchev–Trinajstić information content (AvgIpc) is 2.48. The zero-order valence-electron chi connectivity index (χ0n) is 9.33. The van der Waals surface area contributed by atoms with Crippen LogP contribution < -0.4 is 10.6 Å². The van der Waals surface area contributed by atoms with Crippen molar-refractivity contribution in [2.75, 3.05) is 13.1 Å². The monoisotopic (exact) mass is 211 g/mol. The maximum absolute atomic E-state index is 11.4. The van der Waals surface area contributed by atoms with Gasteiger partial charge in [0.15, 0.2) is 0 Å². The van der Waals surface area contributed by atoms with Gasteiger partial charge in [0.05, 0.1) is 18.0 Å². The first-order chi connectivity index (χ1) is 6.92. The number of hydrogen-bond acceptors (Lipinski definition) is 4. The Balaban J connectivity index is 2.42. The predicted octanol–water partition coefficient (Wildman–Crippen LogP) is 0.623. The first kappa shape index (κ1) is 11.8. The summed E-state index contributed by atoms with van der Waals surface area (Å²) in [5.74, 6) is -0.169. The molecule has 0 radical (unpaired) electrons. The second-order valence-corrected chi connectivity index (χ2v) is 4.65. The van der Waals surface area contributed by atoms with E-state index in [0.717, 1.165) is 0 Å². The summed E-state index contributed by atoms with van der Waals surface area (Å²) in [6.45, 7) is 6.66. The van der Waals surface area contributed by atoms with Gasteiger partial charge < -0.3 is 15.4 Å². The van der Waals surface area contributed by atoms with Gasteiger partial charge in [0.2, 0.25) is 0 Å². The van der Waals surface area contributed by atoms with Crippen molar-refractivity contribution in [3.8, 4) is 6.07 Å². The van der Waals surface area contributed by atoms with Gasteiger partial charge >= 0.3 is 6.09 Å². The van der Waals surface area contributed by atoms with Crippen LogP contribution in [0.25, 0.3) is 0 Å². The molecule has 15 heavy (non-hydrogen) atoms. The number of nitrogens with zero attached hydrogens (tertiary/aromatic N) is 1. The topological polar surface area (TPSA) is 74.2 Å². The summed E-state index contributed by atoms with van der Waals surface area (Å²) in [6, 6.07) is 2.00. The van der Waals surface area contributed by atoms with Crippen LogP contribution in [0.1, 0.15) is 20.8 Å². The van der Waals surface area contributed by atoms with Crippen molar-refractivity contribution in [3.05, 3.63) is 0 Å². The van der Waals surface area contributed by atoms with Crippen LogP contribution in [-0.4, -0.2) is 30.8 Å². The first-order valence-corrected chi connectivity index (χ1v) is 5.02. The lowest BCUT2D eigenvalue weighted by Crippen LogP contribution is -2.42. The fraction of sp³-hybridized carbons (Fsp3) is 0.800. The summed E-state index contributed by atoms with van der Waals surface area (Å²) >= 11 is 0. The molecule has 0 unspecified atom stereocenters. The lowest BCUT2D eigenvalue weighted by atomic mass is 10.1. The van der Waals surface area contributed by atoms with E-state index in [2.05, 4.69) is 16.7 Å². The van der Waals surface area contributed by atoms with Crippen molar-refractivity contribution in [1.29, 1.82) is 5.26 Å². The van der Waals surface area contributed by atoms with Crippen molar-refractivity contribution in [2.24, 2.45) is 5.92 Å². The summed E-state index contributed by atoms with van der Waals surface area (Å²) in [5.41, 5.74) is -0.502.